The number of aliphatic imine (C=N–C) groups is 2. The molecule has 1 rings (SSSR count). The van der Waals surface area contributed by atoms with E-state index in [0.29, 0.717) is 0 Å². The molecule has 0 saturated carbocycles. The number of halogens is 2. The number of nitrogens with two attached hydrogens (primary N) is 3. The zero-order chi connectivity index (χ0) is 12.8. The van der Waals surface area contributed by atoms with Crippen LogP contribution in [0.4, 0.5) is 14.5 Å². The Morgan fingerprint density at radius 2 is 1.82 bits per heavy atom. The van der Waals surface area contributed by atoms with Gasteiger partial charge in [-0.3, -0.25) is 0 Å². The summed E-state index contributed by atoms with van der Waals surface area (Å²) in [4.78, 5) is 7.19. The number of ether oxygens (including phenoxy) is 1. The molecular formula is C9H11F2N5O. The molecule has 92 valence electrons. The Balaban J connectivity index is 3.01. The zero-order valence-corrected chi connectivity index (χ0v) is 8.68. The van der Waals surface area contributed by atoms with Gasteiger partial charge in [0.05, 0.1) is 0 Å². The molecule has 0 bridgehead atoms. The van der Waals surface area contributed by atoms with Gasteiger partial charge in [-0.05, 0) is 12.1 Å². The molecule has 0 saturated heterocycles. The van der Waals surface area contributed by atoms with Crippen molar-refractivity contribution in [2.45, 2.75) is 6.61 Å². The van der Waals surface area contributed by atoms with Crippen LogP contribution >= 0.6 is 0 Å². The molecule has 0 fully saturated rings. The van der Waals surface area contributed by atoms with E-state index in [9.17, 15) is 8.78 Å². The van der Waals surface area contributed by atoms with Crippen LogP contribution < -0.4 is 21.9 Å². The Morgan fingerprint density at radius 3 is 2.41 bits per heavy atom. The summed E-state index contributed by atoms with van der Waals surface area (Å²) < 4.78 is 28.4. The SMILES string of the molecule is NC(N)=NC(N)=Nc1ccccc1OC(F)F. The summed E-state index contributed by atoms with van der Waals surface area (Å²) >= 11 is 0. The van der Waals surface area contributed by atoms with E-state index in [1.165, 1.54) is 18.2 Å². The van der Waals surface area contributed by atoms with Crippen LogP contribution in [0.25, 0.3) is 0 Å². The van der Waals surface area contributed by atoms with Crippen LogP contribution in [-0.4, -0.2) is 18.5 Å². The van der Waals surface area contributed by atoms with Crippen molar-refractivity contribution in [2.75, 3.05) is 0 Å². The Hall–Kier alpha value is -2.38. The second-order valence-corrected chi connectivity index (χ2v) is 2.85. The van der Waals surface area contributed by atoms with Crippen LogP contribution in [0.15, 0.2) is 34.3 Å². The molecule has 1 aromatic rings. The summed E-state index contributed by atoms with van der Waals surface area (Å²) in [7, 11) is 0. The maximum atomic E-state index is 12.1. The predicted octanol–water partition coefficient (Wildman–Crippen LogP) is 0.508. The van der Waals surface area contributed by atoms with E-state index in [4.69, 9.17) is 17.2 Å². The number of benzene rings is 1. The average Bonchev–Trinajstić information content (AvgIpc) is 2.18. The van der Waals surface area contributed by atoms with Crippen molar-refractivity contribution in [2.24, 2.45) is 27.2 Å². The molecule has 1 aromatic carbocycles. The largest absolute Gasteiger partial charge is 0.433 e. The van der Waals surface area contributed by atoms with Gasteiger partial charge in [-0.25, -0.2) is 4.99 Å². The van der Waals surface area contributed by atoms with Crippen LogP contribution in [0, 0.1) is 0 Å². The highest BCUT2D eigenvalue weighted by atomic mass is 19.3. The maximum Gasteiger partial charge on any atom is 0.387 e. The summed E-state index contributed by atoms with van der Waals surface area (Å²) in [6.07, 6.45) is 0. The molecule has 0 aliphatic carbocycles. The topological polar surface area (TPSA) is 112 Å². The quantitative estimate of drug-likeness (QED) is 0.530. The van der Waals surface area contributed by atoms with Crippen molar-refractivity contribution in [3.05, 3.63) is 24.3 Å². The van der Waals surface area contributed by atoms with Crippen molar-refractivity contribution < 1.29 is 13.5 Å². The molecule has 0 amide bonds. The van der Waals surface area contributed by atoms with Gasteiger partial charge in [0.1, 0.15) is 5.69 Å². The van der Waals surface area contributed by atoms with E-state index in [2.05, 4.69) is 14.7 Å². The van der Waals surface area contributed by atoms with Crippen LogP contribution in [0.3, 0.4) is 0 Å². The van der Waals surface area contributed by atoms with Gasteiger partial charge in [-0.2, -0.15) is 13.8 Å². The Morgan fingerprint density at radius 1 is 1.18 bits per heavy atom. The molecule has 0 aliphatic rings. The van der Waals surface area contributed by atoms with Crippen LogP contribution in [-0.2, 0) is 0 Å². The van der Waals surface area contributed by atoms with Crippen molar-refractivity contribution in [1.29, 1.82) is 0 Å². The summed E-state index contributed by atoms with van der Waals surface area (Å²) in [6, 6.07) is 5.87. The lowest BCUT2D eigenvalue weighted by Crippen LogP contribution is -2.26. The highest BCUT2D eigenvalue weighted by Crippen LogP contribution is 2.28. The summed E-state index contributed by atoms with van der Waals surface area (Å²) in [5.41, 5.74) is 15.6. The Kier molecular flexibility index (Phi) is 4.21. The fourth-order valence-electron chi connectivity index (χ4n) is 1.03. The van der Waals surface area contributed by atoms with Crippen molar-refractivity contribution in [3.63, 3.8) is 0 Å². The van der Waals surface area contributed by atoms with E-state index in [1.807, 2.05) is 0 Å². The molecule has 17 heavy (non-hydrogen) atoms. The second kappa shape index (κ2) is 5.64. The van der Waals surface area contributed by atoms with Gasteiger partial charge < -0.3 is 21.9 Å². The Bertz CT molecular complexity index is 443. The molecule has 0 radical (unpaired) electrons. The van der Waals surface area contributed by atoms with E-state index in [-0.39, 0.29) is 23.4 Å². The fourth-order valence-corrected chi connectivity index (χ4v) is 1.03. The monoisotopic (exact) mass is 243 g/mol. The first-order chi connectivity index (χ1) is 7.99. The molecule has 0 aromatic heterocycles. The maximum absolute atomic E-state index is 12.1. The number of hydrogen-bond donors (Lipinski definition) is 3. The number of nitrogens with zero attached hydrogens (tertiary/aromatic N) is 2. The number of rotatable bonds is 3. The minimum absolute atomic E-state index is 0.107. The third-order valence-electron chi connectivity index (χ3n) is 1.56. The number of para-hydroxylation sites is 2. The number of alkyl halides is 2. The molecular weight excluding hydrogens is 232 g/mol. The molecule has 6 nitrogen and oxygen atoms in total. The normalized spacial score (nSPS) is 11.4. The Labute approximate surface area is 95.8 Å². The smallest absolute Gasteiger partial charge is 0.387 e. The highest BCUT2D eigenvalue weighted by molar-refractivity contribution is 5.93. The third kappa shape index (κ3) is 4.33. The molecule has 0 spiro atoms. The molecule has 0 atom stereocenters. The molecule has 8 heteroatoms. The highest BCUT2D eigenvalue weighted by Gasteiger charge is 2.08. The zero-order valence-electron chi connectivity index (χ0n) is 8.68. The molecule has 0 aliphatic heterocycles. The lowest BCUT2D eigenvalue weighted by Gasteiger charge is -2.06. The summed E-state index contributed by atoms with van der Waals surface area (Å²) in [6.45, 7) is -2.95. The molecule has 0 unspecified atom stereocenters. The predicted molar refractivity (Wildman–Crippen MR) is 60.2 cm³/mol. The van der Waals surface area contributed by atoms with Crippen molar-refractivity contribution in [3.8, 4) is 5.75 Å². The minimum atomic E-state index is -2.95. The molecule has 0 heterocycles. The van der Waals surface area contributed by atoms with Crippen LogP contribution in [0.1, 0.15) is 0 Å². The minimum Gasteiger partial charge on any atom is -0.433 e. The van der Waals surface area contributed by atoms with Gasteiger partial charge in [0.2, 0.25) is 5.96 Å². The first-order valence-electron chi connectivity index (χ1n) is 4.46. The van der Waals surface area contributed by atoms with Gasteiger partial charge in [0, 0.05) is 0 Å². The van der Waals surface area contributed by atoms with Gasteiger partial charge in [-0.15, -0.1) is 0 Å². The third-order valence-corrected chi connectivity index (χ3v) is 1.56. The average molecular weight is 243 g/mol. The summed E-state index contributed by atoms with van der Waals surface area (Å²) in [5.74, 6) is -0.648. The summed E-state index contributed by atoms with van der Waals surface area (Å²) in [5, 5.41) is 0. The van der Waals surface area contributed by atoms with Gasteiger partial charge in [0.25, 0.3) is 0 Å². The fraction of sp³-hybridized carbons (Fsp3) is 0.111. The lowest BCUT2D eigenvalue weighted by molar-refractivity contribution is -0.0494. The standard InChI is InChI=1S/C9H11F2N5O/c10-7(11)17-6-4-2-1-3-5(6)15-9(14)16-8(12)13/h1-4,7H,(H6,12,13,14,15,16). The first kappa shape index (κ1) is 12.7. The molecule has 6 N–H and O–H groups in total. The van der Waals surface area contributed by atoms with Crippen molar-refractivity contribution in [1.82, 2.24) is 0 Å². The second-order valence-electron chi connectivity index (χ2n) is 2.85. The van der Waals surface area contributed by atoms with E-state index in [1.54, 1.807) is 6.07 Å². The van der Waals surface area contributed by atoms with E-state index < -0.39 is 6.61 Å². The number of guanidine groups is 2. The van der Waals surface area contributed by atoms with Gasteiger partial charge in [0.15, 0.2) is 11.7 Å². The number of hydrogen-bond acceptors (Lipinski definition) is 2. The van der Waals surface area contributed by atoms with Gasteiger partial charge >= 0.3 is 6.61 Å². The van der Waals surface area contributed by atoms with Crippen LogP contribution in [0.2, 0.25) is 0 Å². The lowest BCUT2D eigenvalue weighted by atomic mass is 10.3. The first-order valence-corrected chi connectivity index (χ1v) is 4.46. The van der Waals surface area contributed by atoms with E-state index in [0.717, 1.165) is 0 Å². The van der Waals surface area contributed by atoms with Crippen molar-refractivity contribution >= 4 is 17.6 Å². The van der Waals surface area contributed by atoms with E-state index >= 15 is 0 Å². The van der Waals surface area contributed by atoms with Crippen LogP contribution in [0.5, 0.6) is 5.75 Å². The van der Waals surface area contributed by atoms with Gasteiger partial charge in [-0.1, -0.05) is 12.1 Å².